The highest BCUT2D eigenvalue weighted by molar-refractivity contribution is 5.30. The number of aryl methyl sites for hydroxylation is 2. The molecule has 1 aromatic heterocycles. The summed E-state index contributed by atoms with van der Waals surface area (Å²) in [6.07, 6.45) is 1.38. The molecule has 1 rings (SSSR count). The summed E-state index contributed by atoms with van der Waals surface area (Å²) in [5.74, 6) is 0. The Morgan fingerprint density at radius 2 is 2.40 bits per heavy atom. The van der Waals surface area contributed by atoms with Crippen LogP contribution < -0.4 is 0 Å². The molecule has 5 heteroatoms. The van der Waals surface area contributed by atoms with Crippen LogP contribution in [0.4, 0.5) is 5.69 Å². The van der Waals surface area contributed by atoms with E-state index in [0.29, 0.717) is 5.69 Å². The van der Waals surface area contributed by atoms with Crippen LogP contribution in [-0.4, -0.2) is 14.7 Å². The molecular weight excluding hydrogens is 134 g/mol. The van der Waals surface area contributed by atoms with E-state index in [4.69, 9.17) is 0 Å². The maximum absolute atomic E-state index is 10.2. The summed E-state index contributed by atoms with van der Waals surface area (Å²) in [7, 11) is 1.65. The monoisotopic (exact) mass is 141 g/mol. The molecule has 0 unspecified atom stereocenters. The van der Waals surface area contributed by atoms with E-state index >= 15 is 0 Å². The van der Waals surface area contributed by atoms with Gasteiger partial charge in [0.2, 0.25) is 0 Å². The molecule has 0 fully saturated rings. The van der Waals surface area contributed by atoms with Gasteiger partial charge < -0.3 is 0 Å². The van der Waals surface area contributed by atoms with Crippen LogP contribution in [0.2, 0.25) is 0 Å². The summed E-state index contributed by atoms with van der Waals surface area (Å²) >= 11 is 0. The lowest BCUT2D eigenvalue weighted by atomic mass is 10.4. The molecule has 0 aliphatic heterocycles. The second-order valence-electron chi connectivity index (χ2n) is 2.03. The Hall–Kier alpha value is -1.39. The van der Waals surface area contributed by atoms with Crippen molar-refractivity contribution in [3.05, 3.63) is 22.0 Å². The molecule has 10 heavy (non-hydrogen) atoms. The predicted molar refractivity (Wildman–Crippen MR) is 34.6 cm³/mol. The quantitative estimate of drug-likeness (QED) is 0.425. The van der Waals surface area contributed by atoms with Crippen LogP contribution in [0.5, 0.6) is 0 Å². The van der Waals surface area contributed by atoms with Crippen molar-refractivity contribution in [1.29, 1.82) is 0 Å². The summed E-state index contributed by atoms with van der Waals surface area (Å²) in [5, 5.41) is 14.0. The fourth-order valence-electron chi connectivity index (χ4n) is 0.766. The average molecular weight is 141 g/mol. The summed E-state index contributed by atoms with van der Waals surface area (Å²) in [6.45, 7) is 1.61. The van der Waals surface area contributed by atoms with Gasteiger partial charge in [0.15, 0.2) is 0 Å². The first kappa shape index (κ1) is 6.73. The van der Waals surface area contributed by atoms with Gasteiger partial charge in [0.05, 0.1) is 4.92 Å². The van der Waals surface area contributed by atoms with Gasteiger partial charge in [-0.1, -0.05) is 0 Å². The molecule has 0 amide bonds. The van der Waals surface area contributed by atoms with E-state index in [2.05, 4.69) is 5.10 Å². The first-order valence-corrected chi connectivity index (χ1v) is 2.76. The van der Waals surface area contributed by atoms with E-state index in [9.17, 15) is 10.1 Å². The van der Waals surface area contributed by atoms with Gasteiger partial charge in [-0.25, -0.2) is 0 Å². The largest absolute Gasteiger partial charge is 0.309 e. The van der Waals surface area contributed by atoms with E-state index < -0.39 is 4.92 Å². The van der Waals surface area contributed by atoms with E-state index in [0.717, 1.165) is 0 Å². The molecule has 0 bridgehead atoms. The van der Waals surface area contributed by atoms with Crippen LogP contribution in [0.15, 0.2) is 6.20 Å². The Kier molecular flexibility index (Phi) is 1.41. The van der Waals surface area contributed by atoms with Crippen molar-refractivity contribution in [2.75, 3.05) is 0 Å². The van der Waals surface area contributed by atoms with Crippen molar-refractivity contribution < 1.29 is 4.92 Å². The molecule has 0 aliphatic carbocycles. The van der Waals surface area contributed by atoms with Gasteiger partial charge in [-0.3, -0.25) is 14.8 Å². The van der Waals surface area contributed by atoms with Gasteiger partial charge in [0.1, 0.15) is 11.9 Å². The highest BCUT2D eigenvalue weighted by Gasteiger charge is 2.12. The van der Waals surface area contributed by atoms with Gasteiger partial charge in [-0.15, -0.1) is 0 Å². The van der Waals surface area contributed by atoms with Crippen LogP contribution in [0.3, 0.4) is 0 Å². The van der Waals surface area contributed by atoms with E-state index in [1.165, 1.54) is 10.9 Å². The third kappa shape index (κ3) is 0.975. The Bertz CT molecular complexity index is 266. The standard InChI is InChI=1S/C5H7N3O2/c1-4-5(8(9)10)3-7(2)6-4/h3H,1-2H3. The number of aromatic nitrogens is 2. The summed E-state index contributed by atoms with van der Waals surface area (Å²) < 4.78 is 1.42. The Morgan fingerprint density at radius 1 is 1.80 bits per heavy atom. The second-order valence-corrected chi connectivity index (χ2v) is 2.03. The average Bonchev–Trinajstić information content (AvgIpc) is 2.10. The van der Waals surface area contributed by atoms with Crippen molar-refractivity contribution in [3.8, 4) is 0 Å². The molecule has 1 heterocycles. The minimum Gasteiger partial charge on any atom is -0.268 e. The molecule has 0 saturated carbocycles. The third-order valence-corrected chi connectivity index (χ3v) is 1.18. The Balaban J connectivity index is 3.15. The van der Waals surface area contributed by atoms with Crippen molar-refractivity contribution >= 4 is 5.69 Å². The molecule has 0 atom stereocenters. The molecule has 0 radical (unpaired) electrons. The Labute approximate surface area is 57.4 Å². The summed E-state index contributed by atoms with van der Waals surface area (Å²) in [4.78, 5) is 9.75. The third-order valence-electron chi connectivity index (χ3n) is 1.18. The molecule has 54 valence electrons. The number of hydrogen-bond donors (Lipinski definition) is 0. The predicted octanol–water partition coefficient (Wildman–Crippen LogP) is 0.637. The number of hydrogen-bond acceptors (Lipinski definition) is 3. The zero-order valence-electron chi connectivity index (χ0n) is 5.74. The zero-order chi connectivity index (χ0) is 7.72. The molecule has 0 spiro atoms. The second kappa shape index (κ2) is 2.09. The van der Waals surface area contributed by atoms with Gasteiger partial charge in [0.25, 0.3) is 0 Å². The topological polar surface area (TPSA) is 61.0 Å². The number of rotatable bonds is 1. The molecule has 5 nitrogen and oxygen atoms in total. The highest BCUT2D eigenvalue weighted by atomic mass is 16.6. The molecule has 1 aromatic rings. The fourth-order valence-corrected chi connectivity index (χ4v) is 0.766. The first-order chi connectivity index (χ1) is 4.61. The zero-order valence-corrected chi connectivity index (χ0v) is 5.74. The lowest BCUT2D eigenvalue weighted by molar-refractivity contribution is -0.385. The minimum absolute atomic E-state index is 0.0718. The minimum atomic E-state index is -0.442. The SMILES string of the molecule is Cc1nn(C)cc1[N+](=O)[O-]. The van der Waals surface area contributed by atoms with Crippen molar-refractivity contribution in [1.82, 2.24) is 9.78 Å². The Morgan fingerprint density at radius 3 is 2.60 bits per heavy atom. The maximum atomic E-state index is 10.2. The normalized spacial score (nSPS) is 9.80. The van der Waals surface area contributed by atoms with Crippen LogP contribution in [0.1, 0.15) is 5.69 Å². The van der Waals surface area contributed by atoms with Gasteiger partial charge in [0, 0.05) is 7.05 Å². The van der Waals surface area contributed by atoms with Crippen LogP contribution in [-0.2, 0) is 7.05 Å². The van der Waals surface area contributed by atoms with Crippen LogP contribution in [0, 0.1) is 17.0 Å². The lowest BCUT2D eigenvalue weighted by Crippen LogP contribution is -1.86. The summed E-state index contributed by atoms with van der Waals surface area (Å²) in [6, 6.07) is 0. The number of nitro groups is 1. The van der Waals surface area contributed by atoms with Crippen molar-refractivity contribution in [2.45, 2.75) is 6.92 Å². The van der Waals surface area contributed by atoms with Gasteiger partial charge >= 0.3 is 5.69 Å². The maximum Gasteiger partial charge on any atom is 0.309 e. The fraction of sp³-hybridized carbons (Fsp3) is 0.400. The van der Waals surface area contributed by atoms with Crippen molar-refractivity contribution in [3.63, 3.8) is 0 Å². The molecule has 0 aromatic carbocycles. The van der Waals surface area contributed by atoms with E-state index in [-0.39, 0.29) is 5.69 Å². The molecular formula is C5H7N3O2. The number of nitrogens with zero attached hydrogens (tertiary/aromatic N) is 3. The lowest BCUT2D eigenvalue weighted by Gasteiger charge is -1.81. The molecule has 0 saturated heterocycles. The highest BCUT2D eigenvalue weighted by Crippen LogP contribution is 2.13. The van der Waals surface area contributed by atoms with E-state index in [1.54, 1.807) is 14.0 Å². The van der Waals surface area contributed by atoms with Gasteiger partial charge in [-0.05, 0) is 6.92 Å². The van der Waals surface area contributed by atoms with Crippen molar-refractivity contribution in [2.24, 2.45) is 7.05 Å². The summed E-state index contributed by atoms with van der Waals surface area (Å²) in [5.41, 5.74) is 0.523. The first-order valence-electron chi connectivity index (χ1n) is 2.76. The molecule has 0 N–H and O–H groups in total. The van der Waals surface area contributed by atoms with E-state index in [1.807, 2.05) is 0 Å². The smallest absolute Gasteiger partial charge is 0.268 e. The van der Waals surface area contributed by atoms with Crippen LogP contribution in [0.25, 0.3) is 0 Å². The van der Waals surface area contributed by atoms with Gasteiger partial charge in [-0.2, -0.15) is 5.10 Å². The van der Waals surface area contributed by atoms with Crippen LogP contribution >= 0.6 is 0 Å². The molecule has 0 aliphatic rings.